The van der Waals surface area contributed by atoms with Gasteiger partial charge >= 0.3 is 0 Å². The number of benzene rings is 2. The first-order valence-electron chi connectivity index (χ1n) is 7.20. The van der Waals surface area contributed by atoms with Crippen LogP contribution in [0.5, 0.6) is 0 Å². The van der Waals surface area contributed by atoms with Gasteiger partial charge in [-0.2, -0.15) is 0 Å². The molecule has 5 heteroatoms. The van der Waals surface area contributed by atoms with Crippen molar-refractivity contribution >= 4 is 39.9 Å². The number of hydrogen-bond acceptors (Lipinski definition) is 3. The number of nitrogens with one attached hydrogen (secondary N) is 2. The number of fused-ring (bicyclic) bond motifs is 1. The number of amides is 1. The van der Waals surface area contributed by atoms with Gasteiger partial charge in [0, 0.05) is 15.7 Å². The van der Waals surface area contributed by atoms with E-state index in [-0.39, 0.29) is 18.6 Å². The number of carbonyl (C=O) groups excluding carboxylic acids is 1. The molecule has 0 spiro atoms. The Labute approximate surface area is 143 Å². The number of halogens is 1. The van der Waals surface area contributed by atoms with E-state index in [2.05, 4.69) is 33.2 Å². The van der Waals surface area contributed by atoms with E-state index in [4.69, 9.17) is 0 Å². The molecule has 114 valence electrons. The number of rotatable bonds is 4. The zero-order valence-electron chi connectivity index (χ0n) is 12.0. The second-order valence-corrected chi connectivity index (χ2v) is 6.55. The zero-order valence-corrected chi connectivity index (χ0v) is 14.1. The summed E-state index contributed by atoms with van der Waals surface area (Å²) in [6, 6.07) is 13.6. The van der Waals surface area contributed by atoms with Crippen LogP contribution in [0, 0.1) is 3.57 Å². The first-order chi connectivity index (χ1) is 10.6. The smallest absolute Gasteiger partial charge is 0.243 e. The van der Waals surface area contributed by atoms with E-state index in [0.29, 0.717) is 12.8 Å². The van der Waals surface area contributed by atoms with Gasteiger partial charge in [0.2, 0.25) is 5.91 Å². The van der Waals surface area contributed by atoms with Crippen LogP contribution in [0.2, 0.25) is 0 Å². The van der Waals surface area contributed by atoms with E-state index >= 15 is 0 Å². The van der Waals surface area contributed by atoms with Gasteiger partial charge < -0.3 is 15.7 Å². The summed E-state index contributed by atoms with van der Waals surface area (Å²) in [5, 5.41) is 15.8. The first kappa shape index (κ1) is 15.3. The molecule has 1 atom stereocenters. The van der Waals surface area contributed by atoms with Gasteiger partial charge in [0.25, 0.3) is 0 Å². The highest BCUT2D eigenvalue weighted by Gasteiger charge is 2.21. The molecule has 2 aromatic rings. The van der Waals surface area contributed by atoms with E-state index in [9.17, 15) is 9.90 Å². The fourth-order valence-electron chi connectivity index (χ4n) is 2.73. The van der Waals surface area contributed by atoms with Gasteiger partial charge in [-0.1, -0.05) is 24.3 Å². The molecule has 0 radical (unpaired) electrons. The summed E-state index contributed by atoms with van der Waals surface area (Å²) >= 11 is 2.20. The summed E-state index contributed by atoms with van der Waals surface area (Å²) in [6.07, 6.45) is 1.04. The molecule has 0 fully saturated rings. The lowest BCUT2D eigenvalue weighted by molar-refractivity contribution is -0.114. The molecule has 0 bridgehead atoms. The van der Waals surface area contributed by atoms with Crippen LogP contribution >= 0.6 is 22.6 Å². The Morgan fingerprint density at radius 3 is 2.73 bits per heavy atom. The van der Waals surface area contributed by atoms with Crippen molar-refractivity contribution in [2.75, 3.05) is 17.2 Å². The van der Waals surface area contributed by atoms with Gasteiger partial charge in [-0.3, -0.25) is 4.79 Å². The van der Waals surface area contributed by atoms with Gasteiger partial charge in [0.1, 0.15) is 0 Å². The number of carbonyl (C=O) groups is 1. The Kier molecular flexibility index (Phi) is 4.63. The topological polar surface area (TPSA) is 61.4 Å². The van der Waals surface area contributed by atoms with Crippen molar-refractivity contribution in [3.8, 4) is 0 Å². The second kappa shape index (κ2) is 6.66. The maximum Gasteiger partial charge on any atom is 0.243 e. The number of aliphatic hydroxyl groups excluding tert-OH is 1. The Bertz CT molecular complexity index is 703. The Balaban J connectivity index is 1.63. The molecule has 0 aromatic heterocycles. The molecule has 2 aromatic carbocycles. The Morgan fingerprint density at radius 1 is 1.14 bits per heavy atom. The zero-order chi connectivity index (χ0) is 15.5. The quantitative estimate of drug-likeness (QED) is 0.682. The summed E-state index contributed by atoms with van der Waals surface area (Å²) < 4.78 is 1.01. The average Bonchev–Trinajstić information content (AvgIpc) is 2.88. The van der Waals surface area contributed by atoms with Crippen LogP contribution in [0.15, 0.2) is 42.5 Å². The highest BCUT2D eigenvalue weighted by atomic mass is 127. The van der Waals surface area contributed by atoms with Crippen LogP contribution in [-0.4, -0.2) is 23.7 Å². The molecule has 0 saturated carbocycles. The van der Waals surface area contributed by atoms with E-state index in [0.717, 1.165) is 26.1 Å². The number of aliphatic hydroxyl groups is 1. The van der Waals surface area contributed by atoms with Crippen molar-refractivity contribution in [3.63, 3.8) is 0 Å². The maximum atomic E-state index is 12.1. The molecule has 4 nitrogen and oxygen atoms in total. The Hall–Kier alpha value is -1.60. The molecule has 0 saturated heterocycles. The molecule has 1 unspecified atom stereocenters. The molecule has 1 aliphatic carbocycles. The predicted molar refractivity (Wildman–Crippen MR) is 96.1 cm³/mol. The first-order valence-corrected chi connectivity index (χ1v) is 8.28. The van der Waals surface area contributed by atoms with Crippen molar-refractivity contribution < 1.29 is 9.90 Å². The molecule has 0 heterocycles. The van der Waals surface area contributed by atoms with Crippen molar-refractivity contribution in [2.45, 2.75) is 18.9 Å². The minimum Gasteiger partial charge on any atom is -0.392 e. The average molecular weight is 408 g/mol. The number of hydrogen-bond donors (Lipinski definition) is 3. The summed E-state index contributed by atoms with van der Waals surface area (Å²) in [7, 11) is 0. The normalized spacial score (nSPS) is 16.2. The van der Waals surface area contributed by atoms with Crippen LogP contribution < -0.4 is 10.6 Å². The molecule has 3 rings (SSSR count). The third kappa shape index (κ3) is 3.41. The lowest BCUT2D eigenvalue weighted by atomic mass is 10.1. The third-order valence-corrected chi connectivity index (χ3v) is 4.70. The molecular formula is C17H17IN2O2. The largest absolute Gasteiger partial charge is 0.392 e. The molecule has 22 heavy (non-hydrogen) atoms. The molecule has 0 aliphatic heterocycles. The fraction of sp³-hybridized carbons (Fsp3) is 0.235. The van der Waals surface area contributed by atoms with Crippen LogP contribution in [-0.2, 0) is 17.6 Å². The lowest BCUT2D eigenvalue weighted by Gasteiger charge is -2.12. The summed E-state index contributed by atoms with van der Waals surface area (Å²) in [5.41, 5.74) is 4.04. The summed E-state index contributed by atoms with van der Waals surface area (Å²) in [5.74, 6) is -0.0831. The number of para-hydroxylation sites is 1. The van der Waals surface area contributed by atoms with Gasteiger partial charge in [0.05, 0.1) is 18.3 Å². The van der Waals surface area contributed by atoms with Gasteiger partial charge in [-0.05, 0) is 58.3 Å². The van der Waals surface area contributed by atoms with Crippen molar-refractivity contribution in [3.05, 3.63) is 57.2 Å². The highest BCUT2D eigenvalue weighted by molar-refractivity contribution is 14.1. The molecule has 3 N–H and O–H groups in total. The van der Waals surface area contributed by atoms with Crippen LogP contribution in [0.4, 0.5) is 11.4 Å². The van der Waals surface area contributed by atoms with Gasteiger partial charge in [-0.15, -0.1) is 0 Å². The van der Waals surface area contributed by atoms with Crippen molar-refractivity contribution in [1.29, 1.82) is 0 Å². The number of anilines is 2. The van der Waals surface area contributed by atoms with E-state index < -0.39 is 0 Å². The van der Waals surface area contributed by atoms with E-state index in [1.54, 1.807) is 0 Å². The maximum absolute atomic E-state index is 12.1. The lowest BCUT2D eigenvalue weighted by Crippen LogP contribution is -2.22. The molecular weight excluding hydrogens is 391 g/mol. The fourth-order valence-corrected chi connectivity index (χ4v) is 3.25. The Morgan fingerprint density at radius 2 is 1.91 bits per heavy atom. The second-order valence-electron chi connectivity index (χ2n) is 5.39. The van der Waals surface area contributed by atoms with Crippen LogP contribution in [0.25, 0.3) is 0 Å². The SMILES string of the molecule is O=C(CNc1cccc2c1CC(O)C2)Nc1ccccc1I. The molecule has 1 aliphatic rings. The summed E-state index contributed by atoms with van der Waals surface area (Å²) in [6.45, 7) is 0.206. The summed E-state index contributed by atoms with van der Waals surface area (Å²) in [4.78, 5) is 12.1. The monoisotopic (exact) mass is 408 g/mol. The van der Waals surface area contributed by atoms with Gasteiger partial charge in [-0.25, -0.2) is 0 Å². The van der Waals surface area contributed by atoms with Crippen molar-refractivity contribution in [1.82, 2.24) is 0 Å². The molecule has 1 amide bonds. The standard InChI is InChI=1S/C17H17IN2O2/c18-14-5-1-2-6-16(14)20-17(22)10-19-15-7-3-4-11-8-12(21)9-13(11)15/h1-7,12,19,21H,8-10H2,(H,20,22). The van der Waals surface area contributed by atoms with E-state index in [1.165, 1.54) is 0 Å². The van der Waals surface area contributed by atoms with Crippen molar-refractivity contribution in [2.24, 2.45) is 0 Å². The van der Waals surface area contributed by atoms with E-state index in [1.807, 2.05) is 42.5 Å². The predicted octanol–water partition coefficient (Wildman–Crippen LogP) is 2.80. The highest BCUT2D eigenvalue weighted by Crippen LogP contribution is 2.28. The van der Waals surface area contributed by atoms with Gasteiger partial charge in [0.15, 0.2) is 0 Å². The minimum absolute atomic E-state index is 0.0831. The minimum atomic E-state index is -0.308. The van der Waals surface area contributed by atoms with Crippen LogP contribution in [0.3, 0.4) is 0 Å². The van der Waals surface area contributed by atoms with Crippen LogP contribution in [0.1, 0.15) is 11.1 Å². The third-order valence-electron chi connectivity index (χ3n) is 3.76.